The SMILES string of the molecule is CCOc1cccc(N)c1-c1nnnn1CC1(C)CC1. The van der Waals surface area contributed by atoms with E-state index in [9.17, 15) is 0 Å². The molecule has 106 valence electrons. The number of hydrogen-bond donors (Lipinski definition) is 1. The zero-order valence-electron chi connectivity index (χ0n) is 11.8. The van der Waals surface area contributed by atoms with Crippen LogP contribution in [0, 0.1) is 5.41 Å². The Morgan fingerprint density at radius 2 is 2.20 bits per heavy atom. The molecular formula is C14H19N5O. The second kappa shape index (κ2) is 4.77. The Balaban J connectivity index is 2.02. The fourth-order valence-electron chi connectivity index (χ4n) is 2.29. The van der Waals surface area contributed by atoms with Gasteiger partial charge in [-0.3, -0.25) is 0 Å². The molecule has 0 unspecified atom stereocenters. The van der Waals surface area contributed by atoms with Crippen LogP contribution >= 0.6 is 0 Å². The van der Waals surface area contributed by atoms with Crippen LogP contribution in [0.1, 0.15) is 26.7 Å². The van der Waals surface area contributed by atoms with Gasteiger partial charge in [0.1, 0.15) is 5.75 Å². The van der Waals surface area contributed by atoms with Crippen LogP contribution in [-0.4, -0.2) is 26.8 Å². The molecule has 0 aliphatic heterocycles. The summed E-state index contributed by atoms with van der Waals surface area (Å²) in [5.41, 5.74) is 7.83. The molecule has 1 fully saturated rings. The molecule has 1 aliphatic carbocycles. The molecule has 0 spiro atoms. The first kappa shape index (κ1) is 12.9. The van der Waals surface area contributed by atoms with Gasteiger partial charge in [0.15, 0.2) is 5.82 Å². The maximum absolute atomic E-state index is 6.10. The van der Waals surface area contributed by atoms with Crippen molar-refractivity contribution in [2.45, 2.75) is 33.2 Å². The molecule has 2 aromatic rings. The van der Waals surface area contributed by atoms with Crippen LogP contribution in [0.4, 0.5) is 5.69 Å². The average Bonchev–Trinajstić information content (AvgIpc) is 2.96. The van der Waals surface area contributed by atoms with Crippen molar-refractivity contribution in [1.82, 2.24) is 20.2 Å². The van der Waals surface area contributed by atoms with E-state index in [4.69, 9.17) is 10.5 Å². The topological polar surface area (TPSA) is 78.8 Å². The van der Waals surface area contributed by atoms with Crippen molar-refractivity contribution in [2.24, 2.45) is 5.41 Å². The Morgan fingerprint density at radius 3 is 2.90 bits per heavy atom. The van der Waals surface area contributed by atoms with E-state index in [1.807, 2.05) is 29.8 Å². The van der Waals surface area contributed by atoms with E-state index in [2.05, 4.69) is 22.4 Å². The summed E-state index contributed by atoms with van der Waals surface area (Å²) in [6, 6.07) is 5.61. The highest BCUT2D eigenvalue weighted by molar-refractivity contribution is 5.77. The van der Waals surface area contributed by atoms with Gasteiger partial charge in [0.25, 0.3) is 0 Å². The molecule has 1 saturated carbocycles. The van der Waals surface area contributed by atoms with Crippen molar-refractivity contribution in [2.75, 3.05) is 12.3 Å². The number of ether oxygens (including phenoxy) is 1. The summed E-state index contributed by atoms with van der Waals surface area (Å²) >= 11 is 0. The van der Waals surface area contributed by atoms with Crippen molar-refractivity contribution < 1.29 is 4.74 Å². The molecule has 1 aromatic carbocycles. The van der Waals surface area contributed by atoms with Gasteiger partial charge in [0.2, 0.25) is 0 Å². The summed E-state index contributed by atoms with van der Waals surface area (Å²) in [7, 11) is 0. The van der Waals surface area contributed by atoms with Gasteiger partial charge < -0.3 is 10.5 Å². The lowest BCUT2D eigenvalue weighted by molar-refractivity contribution is 0.341. The second-order valence-electron chi connectivity index (χ2n) is 5.62. The Labute approximate surface area is 117 Å². The van der Waals surface area contributed by atoms with E-state index >= 15 is 0 Å². The fraction of sp³-hybridized carbons (Fsp3) is 0.500. The summed E-state index contributed by atoms with van der Waals surface area (Å²) < 4.78 is 7.49. The van der Waals surface area contributed by atoms with Crippen molar-refractivity contribution in [3.63, 3.8) is 0 Å². The first-order valence-corrected chi connectivity index (χ1v) is 6.91. The standard InChI is InChI=1S/C14H19N5O/c1-3-20-11-6-4-5-10(15)12(11)13-16-17-18-19(13)9-14(2)7-8-14/h4-6H,3,7-9,15H2,1-2H3. The van der Waals surface area contributed by atoms with Crippen LogP contribution in [-0.2, 0) is 6.54 Å². The summed E-state index contributed by atoms with van der Waals surface area (Å²) in [5.74, 6) is 1.41. The highest BCUT2D eigenvalue weighted by atomic mass is 16.5. The second-order valence-corrected chi connectivity index (χ2v) is 5.62. The molecule has 0 atom stereocenters. The number of nitrogens with zero attached hydrogens (tertiary/aromatic N) is 4. The lowest BCUT2D eigenvalue weighted by atomic mass is 10.1. The van der Waals surface area contributed by atoms with Gasteiger partial charge in [-0.25, -0.2) is 4.68 Å². The average molecular weight is 273 g/mol. The molecule has 6 heteroatoms. The predicted molar refractivity (Wildman–Crippen MR) is 76.2 cm³/mol. The maximum atomic E-state index is 6.10. The van der Waals surface area contributed by atoms with Gasteiger partial charge in [-0.1, -0.05) is 13.0 Å². The van der Waals surface area contributed by atoms with Crippen LogP contribution < -0.4 is 10.5 Å². The molecule has 20 heavy (non-hydrogen) atoms. The van der Waals surface area contributed by atoms with Gasteiger partial charge in [-0.05, 0) is 47.7 Å². The van der Waals surface area contributed by atoms with E-state index in [0.29, 0.717) is 23.5 Å². The molecular weight excluding hydrogens is 254 g/mol. The minimum Gasteiger partial charge on any atom is -0.493 e. The molecule has 1 aliphatic rings. The summed E-state index contributed by atoms with van der Waals surface area (Å²) in [6.07, 6.45) is 2.43. The number of hydrogen-bond acceptors (Lipinski definition) is 5. The van der Waals surface area contributed by atoms with Crippen LogP contribution in [0.15, 0.2) is 18.2 Å². The molecule has 0 amide bonds. The molecule has 2 N–H and O–H groups in total. The van der Waals surface area contributed by atoms with E-state index in [0.717, 1.165) is 17.9 Å². The summed E-state index contributed by atoms with van der Waals surface area (Å²) in [5, 5.41) is 12.1. The number of anilines is 1. The molecule has 6 nitrogen and oxygen atoms in total. The quantitative estimate of drug-likeness (QED) is 0.844. The summed E-state index contributed by atoms with van der Waals surface area (Å²) in [4.78, 5) is 0. The first-order valence-electron chi connectivity index (χ1n) is 6.91. The van der Waals surface area contributed by atoms with Gasteiger partial charge in [0, 0.05) is 5.69 Å². The van der Waals surface area contributed by atoms with Gasteiger partial charge in [-0.2, -0.15) is 0 Å². The Bertz CT molecular complexity index is 618. The number of benzene rings is 1. The summed E-state index contributed by atoms with van der Waals surface area (Å²) in [6.45, 7) is 5.59. The number of rotatable bonds is 5. The van der Waals surface area contributed by atoms with Crippen molar-refractivity contribution in [3.8, 4) is 17.1 Å². The zero-order valence-corrected chi connectivity index (χ0v) is 11.8. The van der Waals surface area contributed by atoms with Crippen molar-refractivity contribution >= 4 is 5.69 Å². The van der Waals surface area contributed by atoms with Crippen LogP contribution in [0.3, 0.4) is 0 Å². The highest BCUT2D eigenvalue weighted by Gasteiger charge is 2.38. The maximum Gasteiger partial charge on any atom is 0.187 e. The minimum atomic E-state index is 0.319. The first-order chi connectivity index (χ1) is 9.63. The van der Waals surface area contributed by atoms with Crippen LogP contribution in [0.25, 0.3) is 11.4 Å². The Hall–Kier alpha value is -2.11. The number of tetrazole rings is 1. The third kappa shape index (κ3) is 2.33. The van der Waals surface area contributed by atoms with Gasteiger partial charge in [0.05, 0.1) is 18.7 Å². The van der Waals surface area contributed by atoms with Crippen LogP contribution in [0.2, 0.25) is 0 Å². The molecule has 0 bridgehead atoms. The Morgan fingerprint density at radius 1 is 1.40 bits per heavy atom. The molecule has 0 saturated heterocycles. The molecule has 3 rings (SSSR count). The number of aromatic nitrogens is 4. The van der Waals surface area contributed by atoms with Gasteiger partial charge >= 0.3 is 0 Å². The van der Waals surface area contributed by atoms with E-state index in [-0.39, 0.29) is 0 Å². The zero-order chi connectivity index (χ0) is 14.2. The van der Waals surface area contributed by atoms with E-state index in [1.54, 1.807) is 0 Å². The van der Waals surface area contributed by atoms with E-state index < -0.39 is 0 Å². The molecule has 1 heterocycles. The lowest BCUT2D eigenvalue weighted by Gasteiger charge is -2.14. The van der Waals surface area contributed by atoms with Gasteiger partial charge in [-0.15, -0.1) is 5.10 Å². The third-order valence-electron chi connectivity index (χ3n) is 3.75. The fourth-order valence-corrected chi connectivity index (χ4v) is 2.29. The number of nitrogen functional groups attached to an aromatic ring is 1. The minimum absolute atomic E-state index is 0.319. The van der Waals surface area contributed by atoms with Crippen molar-refractivity contribution in [3.05, 3.63) is 18.2 Å². The molecule has 0 radical (unpaired) electrons. The monoisotopic (exact) mass is 273 g/mol. The normalized spacial score (nSPS) is 16.1. The van der Waals surface area contributed by atoms with E-state index in [1.165, 1.54) is 12.8 Å². The Kier molecular flexibility index (Phi) is 3.08. The highest BCUT2D eigenvalue weighted by Crippen LogP contribution is 2.47. The third-order valence-corrected chi connectivity index (χ3v) is 3.75. The lowest BCUT2D eigenvalue weighted by Crippen LogP contribution is -2.12. The van der Waals surface area contributed by atoms with Crippen LogP contribution in [0.5, 0.6) is 5.75 Å². The molecule has 1 aromatic heterocycles. The smallest absolute Gasteiger partial charge is 0.187 e. The van der Waals surface area contributed by atoms with Crippen molar-refractivity contribution in [1.29, 1.82) is 0 Å². The number of nitrogens with two attached hydrogens (primary N) is 1. The predicted octanol–water partition coefficient (Wildman–Crippen LogP) is 2.12. The largest absolute Gasteiger partial charge is 0.493 e.